The third-order valence-electron chi connectivity index (χ3n) is 9.17. The van der Waals surface area contributed by atoms with E-state index < -0.39 is 0 Å². The number of rotatable bonds is 10. The van der Waals surface area contributed by atoms with E-state index in [-0.39, 0.29) is 18.0 Å². The molecule has 1 saturated heterocycles. The van der Waals surface area contributed by atoms with E-state index in [0.717, 1.165) is 79.3 Å². The number of piperazine rings is 1. The topological polar surface area (TPSA) is 108 Å². The number of pyridine rings is 1. The molecule has 0 unspecified atom stereocenters. The second-order valence-electron chi connectivity index (χ2n) is 11.7. The zero-order valence-electron chi connectivity index (χ0n) is 25.8. The number of carbonyl (C=O) groups excluding carboxylic acids is 1. The van der Waals surface area contributed by atoms with E-state index in [2.05, 4.69) is 51.2 Å². The van der Waals surface area contributed by atoms with E-state index in [0.29, 0.717) is 29.6 Å². The van der Waals surface area contributed by atoms with Gasteiger partial charge in [0.15, 0.2) is 0 Å². The number of likely N-dealkylation sites (N-methyl/N-ethyl adjacent to an activating group) is 1. The number of carbonyl (C=O) groups is 1. The van der Waals surface area contributed by atoms with Crippen LogP contribution in [0.2, 0.25) is 0 Å². The van der Waals surface area contributed by atoms with Gasteiger partial charge in [0.1, 0.15) is 0 Å². The summed E-state index contributed by atoms with van der Waals surface area (Å²) in [6, 6.07) is 4.80. The molecule has 1 saturated carbocycles. The third-order valence-corrected chi connectivity index (χ3v) is 9.17. The van der Waals surface area contributed by atoms with Crippen molar-refractivity contribution < 1.29 is 4.79 Å². The third kappa shape index (κ3) is 6.67. The van der Waals surface area contributed by atoms with Crippen molar-refractivity contribution >= 4 is 23.5 Å². The summed E-state index contributed by atoms with van der Waals surface area (Å²) in [6.45, 7) is 13.6. The Morgan fingerprint density at radius 1 is 1.10 bits per heavy atom. The summed E-state index contributed by atoms with van der Waals surface area (Å²) in [4.78, 5) is 36.6. The standard InChI is InChI=1S/C32H49N7O2/c1-7-25-26(31(40)35-20-28-21(3)17-22(4)36-32(28)41)18-29(34-5)27(19-33)30(25)39(8-2)24-11-9-23(10-12-24)38-15-13-37(6)14-16-38/h17-19,23-24,33-34H,7-16,20H2,1-6H3,(H,35,40)(H,36,41). The molecular formula is C32H49N7O2. The SMILES string of the molecule is CCc1c(C(=O)NCc2c(C)cc(C)[nH]c2=O)cc(NC)c(C=N)c1N(CC)C1CCC(N2CCN(C)CC2)CC1. The number of hydrogen-bond acceptors (Lipinski definition) is 7. The number of anilines is 2. The number of aryl methyl sites for hydroxylation is 2. The number of amides is 1. The van der Waals surface area contributed by atoms with Gasteiger partial charge in [-0.15, -0.1) is 0 Å². The highest BCUT2D eigenvalue weighted by Gasteiger charge is 2.32. The fraction of sp³-hybridized carbons (Fsp3) is 0.594. The Labute approximate surface area is 245 Å². The van der Waals surface area contributed by atoms with Crippen molar-refractivity contribution in [3.05, 3.63) is 56.0 Å². The molecule has 0 bridgehead atoms. The average Bonchev–Trinajstić information content (AvgIpc) is 2.97. The van der Waals surface area contributed by atoms with Crippen LogP contribution < -0.4 is 21.1 Å². The molecule has 2 fully saturated rings. The van der Waals surface area contributed by atoms with Crippen molar-refractivity contribution in [2.24, 2.45) is 0 Å². The summed E-state index contributed by atoms with van der Waals surface area (Å²) >= 11 is 0. The van der Waals surface area contributed by atoms with Crippen LogP contribution in [-0.4, -0.2) is 85.8 Å². The maximum Gasteiger partial charge on any atom is 0.253 e. The molecule has 2 heterocycles. The van der Waals surface area contributed by atoms with Gasteiger partial charge in [-0.3, -0.25) is 14.5 Å². The first-order valence-electron chi connectivity index (χ1n) is 15.3. The number of H-pyrrole nitrogens is 1. The molecule has 4 N–H and O–H groups in total. The average molecular weight is 564 g/mol. The molecule has 2 aromatic rings. The molecule has 9 nitrogen and oxygen atoms in total. The Balaban J connectivity index is 1.61. The van der Waals surface area contributed by atoms with E-state index in [1.165, 1.54) is 19.1 Å². The van der Waals surface area contributed by atoms with Crippen molar-refractivity contribution in [3.8, 4) is 0 Å². The van der Waals surface area contributed by atoms with E-state index in [9.17, 15) is 9.59 Å². The summed E-state index contributed by atoms with van der Waals surface area (Å²) in [5.41, 5.74) is 6.22. The quantitative estimate of drug-likeness (QED) is 0.327. The maximum atomic E-state index is 13.7. The van der Waals surface area contributed by atoms with Gasteiger partial charge in [0.05, 0.1) is 5.69 Å². The number of aromatic nitrogens is 1. The molecule has 1 aromatic carbocycles. The minimum atomic E-state index is -0.203. The normalized spacial score (nSPS) is 20.0. The fourth-order valence-electron chi connectivity index (χ4n) is 6.85. The zero-order chi connectivity index (χ0) is 29.7. The molecule has 1 aromatic heterocycles. The Bertz CT molecular complexity index is 1290. The van der Waals surface area contributed by atoms with Crippen LogP contribution in [0.25, 0.3) is 0 Å². The monoisotopic (exact) mass is 563 g/mol. The Kier molecular flexibility index (Phi) is 10.3. The van der Waals surface area contributed by atoms with Gasteiger partial charge >= 0.3 is 0 Å². The maximum absolute atomic E-state index is 13.7. The van der Waals surface area contributed by atoms with Crippen molar-refractivity contribution in [2.75, 3.05) is 57.0 Å². The van der Waals surface area contributed by atoms with E-state index in [1.54, 1.807) is 0 Å². The molecule has 1 aliphatic carbocycles. The first-order valence-corrected chi connectivity index (χ1v) is 15.3. The second-order valence-corrected chi connectivity index (χ2v) is 11.7. The van der Waals surface area contributed by atoms with Crippen LogP contribution in [0, 0.1) is 19.3 Å². The van der Waals surface area contributed by atoms with Gasteiger partial charge in [-0.2, -0.15) is 0 Å². The number of aromatic amines is 1. The summed E-state index contributed by atoms with van der Waals surface area (Å²) in [7, 11) is 4.04. The van der Waals surface area contributed by atoms with Crippen LogP contribution in [-0.2, 0) is 13.0 Å². The lowest BCUT2D eigenvalue weighted by Gasteiger charge is -2.44. The second kappa shape index (κ2) is 13.7. The van der Waals surface area contributed by atoms with Crippen LogP contribution in [0.5, 0.6) is 0 Å². The molecule has 224 valence electrons. The number of hydrogen-bond donors (Lipinski definition) is 4. The fourth-order valence-corrected chi connectivity index (χ4v) is 6.85. The minimum absolute atomic E-state index is 0.160. The summed E-state index contributed by atoms with van der Waals surface area (Å²) < 4.78 is 0. The molecule has 1 aliphatic heterocycles. The van der Waals surface area contributed by atoms with Gasteiger partial charge in [-0.05, 0) is 83.2 Å². The lowest BCUT2D eigenvalue weighted by molar-refractivity contribution is 0.0876. The number of nitrogens with one attached hydrogen (secondary N) is 4. The van der Waals surface area contributed by atoms with E-state index in [1.807, 2.05) is 33.0 Å². The predicted octanol–water partition coefficient (Wildman–Crippen LogP) is 3.91. The Morgan fingerprint density at radius 3 is 2.34 bits per heavy atom. The van der Waals surface area contributed by atoms with Crippen molar-refractivity contribution in [3.63, 3.8) is 0 Å². The van der Waals surface area contributed by atoms with Crippen LogP contribution in [0.1, 0.15) is 77.8 Å². The predicted molar refractivity (Wildman–Crippen MR) is 169 cm³/mol. The first-order chi connectivity index (χ1) is 19.7. The van der Waals surface area contributed by atoms with Crippen LogP contribution >= 0.6 is 0 Å². The van der Waals surface area contributed by atoms with Crippen molar-refractivity contribution in [1.82, 2.24) is 20.1 Å². The van der Waals surface area contributed by atoms with E-state index in [4.69, 9.17) is 5.41 Å². The Hall–Kier alpha value is -3.17. The molecule has 2 aliphatic rings. The number of benzene rings is 1. The van der Waals surface area contributed by atoms with Crippen LogP contribution in [0.4, 0.5) is 11.4 Å². The largest absolute Gasteiger partial charge is 0.388 e. The highest BCUT2D eigenvalue weighted by atomic mass is 16.1. The van der Waals surface area contributed by atoms with Gasteiger partial charge in [-0.1, -0.05) is 6.92 Å². The molecule has 1 amide bonds. The first kappa shape index (κ1) is 30.8. The number of nitrogens with zero attached hydrogens (tertiary/aromatic N) is 3. The van der Waals surface area contributed by atoms with Crippen LogP contribution in [0.3, 0.4) is 0 Å². The molecule has 0 atom stereocenters. The smallest absolute Gasteiger partial charge is 0.253 e. The van der Waals surface area contributed by atoms with Gasteiger partial charge in [0.25, 0.3) is 11.5 Å². The summed E-state index contributed by atoms with van der Waals surface area (Å²) in [5, 5.41) is 14.6. The Morgan fingerprint density at radius 2 is 1.78 bits per heavy atom. The molecule has 41 heavy (non-hydrogen) atoms. The zero-order valence-corrected chi connectivity index (χ0v) is 25.8. The van der Waals surface area contributed by atoms with E-state index >= 15 is 0 Å². The summed E-state index contributed by atoms with van der Waals surface area (Å²) in [6.07, 6.45) is 6.65. The van der Waals surface area contributed by atoms with Crippen molar-refractivity contribution in [2.45, 2.75) is 78.4 Å². The van der Waals surface area contributed by atoms with Crippen LogP contribution in [0.15, 0.2) is 16.9 Å². The molecule has 0 radical (unpaired) electrons. The highest BCUT2D eigenvalue weighted by Crippen LogP contribution is 2.38. The lowest BCUT2D eigenvalue weighted by Crippen LogP contribution is -2.51. The molecular weight excluding hydrogens is 514 g/mol. The lowest BCUT2D eigenvalue weighted by atomic mass is 9.87. The molecule has 0 spiro atoms. The van der Waals surface area contributed by atoms with Gasteiger partial charge < -0.3 is 30.8 Å². The highest BCUT2D eigenvalue weighted by molar-refractivity contribution is 6.04. The minimum Gasteiger partial charge on any atom is -0.388 e. The van der Waals surface area contributed by atoms with Crippen molar-refractivity contribution in [1.29, 1.82) is 5.41 Å². The molecule has 4 rings (SSSR count). The van der Waals surface area contributed by atoms with Gasteiger partial charge in [0, 0.05) is 92.7 Å². The van der Waals surface area contributed by atoms with Gasteiger partial charge in [-0.25, -0.2) is 0 Å². The van der Waals surface area contributed by atoms with Gasteiger partial charge in [0.2, 0.25) is 0 Å². The summed E-state index contributed by atoms with van der Waals surface area (Å²) in [5.74, 6) is -0.203. The molecule has 9 heteroatoms.